The maximum atomic E-state index is 6.04. The summed E-state index contributed by atoms with van der Waals surface area (Å²) in [5.74, 6) is 2.37. The van der Waals surface area contributed by atoms with Crippen LogP contribution in [0.1, 0.15) is 24.5 Å². The molecule has 1 saturated carbocycles. The molecule has 0 bridgehead atoms. The fourth-order valence-corrected chi connectivity index (χ4v) is 2.26. The highest BCUT2D eigenvalue weighted by molar-refractivity contribution is 6.31. The molecular formula is C13H13ClN2O2. The van der Waals surface area contributed by atoms with Crippen LogP contribution in [0, 0.1) is 0 Å². The van der Waals surface area contributed by atoms with Crippen LogP contribution < -0.4 is 10.5 Å². The quantitative estimate of drug-likeness (QED) is 0.922. The Hall–Kier alpha value is -1.68. The van der Waals surface area contributed by atoms with Gasteiger partial charge in [-0.3, -0.25) is 0 Å². The molecule has 1 fully saturated rings. The van der Waals surface area contributed by atoms with Crippen molar-refractivity contribution in [1.29, 1.82) is 0 Å². The minimum absolute atomic E-state index is 0.387. The number of methoxy groups -OCH3 is 1. The van der Waals surface area contributed by atoms with Crippen LogP contribution in [0.4, 0.5) is 5.82 Å². The number of hydrogen-bond donors (Lipinski definition) is 1. The molecule has 4 nitrogen and oxygen atoms in total. The van der Waals surface area contributed by atoms with Crippen molar-refractivity contribution >= 4 is 17.4 Å². The summed E-state index contributed by atoms with van der Waals surface area (Å²) < 4.78 is 10.7. The lowest BCUT2D eigenvalue weighted by molar-refractivity contribution is 0.387. The zero-order valence-corrected chi connectivity index (χ0v) is 10.7. The van der Waals surface area contributed by atoms with Crippen LogP contribution >= 0.6 is 11.6 Å². The minimum Gasteiger partial charge on any atom is -0.496 e. The van der Waals surface area contributed by atoms with Gasteiger partial charge in [-0.25, -0.2) is 0 Å². The van der Waals surface area contributed by atoms with E-state index in [1.54, 1.807) is 13.2 Å². The van der Waals surface area contributed by atoms with E-state index >= 15 is 0 Å². The molecule has 0 spiro atoms. The Labute approximate surface area is 110 Å². The van der Waals surface area contributed by atoms with Crippen LogP contribution in [0.2, 0.25) is 5.02 Å². The fraction of sp³-hybridized carbons (Fsp3) is 0.308. The van der Waals surface area contributed by atoms with Crippen molar-refractivity contribution in [1.82, 2.24) is 5.16 Å². The van der Waals surface area contributed by atoms with E-state index in [2.05, 4.69) is 5.16 Å². The molecule has 2 aromatic rings. The number of hydrogen-bond acceptors (Lipinski definition) is 4. The maximum Gasteiger partial charge on any atom is 0.175 e. The summed E-state index contributed by atoms with van der Waals surface area (Å²) in [4.78, 5) is 0. The number of aromatic nitrogens is 1. The van der Waals surface area contributed by atoms with Crippen molar-refractivity contribution < 1.29 is 9.26 Å². The van der Waals surface area contributed by atoms with Gasteiger partial charge in [0.25, 0.3) is 0 Å². The molecule has 0 amide bonds. The van der Waals surface area contributed by atoms with Gasteiger partial charge in [0.05, 0.1) is 12.7 Å². The number of nitrogens with two attached hydrogens (primary N) is 1. The summed E-state index contributed by atoms with van der Waals surface area (Å²) in [6.45, 7) is 0. The van der Waals surface area contributed by atoms with Crippen LogP contribution in [-0.2, 0) is 0 Å². The summed E-state index contributed by atoms with van der Waals surface area (Å²) in [7, 11) is 1.62. The molecule has 1 aromatic heterocycles. The van der Waals surface area contributed by atoms with E-state index in [1.165, 1.54) is 0 Å². The summed E-state index contributed by atoms with van der Waals surface area (Å²) in [5, 5.41) is 4.50. The van der Waals surface area contributed by atoms with Gasteiger partial charge in [0.2, 0.25) is 0 Å². The molecule has 1 aromatic carbocycles. The number of ether oxygens (including phenoxy) is 1. The molecule has 0 radical (unpaired) electrons. The van der Waals surface area contributed by atoms with E-state index in [0.717, 1.165) is 35.5 Å². The predicted molar refractivity (Wildman–Crippen MR) is 69.9 cm³/mol. The molecule has 0 aliphatic heterocycles. The molecule has 0 saturated heterocycles. The molecule has 0 atom stereocenters. The van der Waals surface area contributed by atoms with Crippen molar-refractivity contribution in [2.45, 2.75) is 18.8 Å². The first-order chi connectivity index (χ1) is 8.70. The highest BCUT2D eigenvalue weighted by Gasteiger charge is 2.33. The fourth-order valence-electron chi connectivity index (χ4n) is 2.09. The van der Waals surface area contributed by atoms with Gasteiger partial charge >= 0.3 is 0 Å². The van der Waals surface area contributed by atoms with Crippen LogP contribution in [0.25, 0.3) is 11.1 Å². The Morgan fingerprint density at radius 3 is 2.89 bits per heavy atom. The highest BCUT2D eigenvalue weighted by atomic mass is 35.5. The summed E-state index contributed by atoms with van der Waals surface area (Å²) >= 11 is 6.04. The second-order valence-corrected chi connectivity index (χ2v) is 4.86. The van der Waals surface area contributed by atoms with Gasteiger partial charge in [0.15, 0.2) is 5.82 Å². The third kappa shape index (κ3) is 1.82. The van der Waals surface area contributed by atoms with Crippen LogP contribution in [0.3, 0.4) is 0 Å². The van der Waals surface area contributed by atoms with Gasteiger partial charge in [-0.15, -0.1) is 0 Å². The van der Waals surface area contributed by atoms with Crippen molar-refractivity contribution in [3.63, 3.8) is 0 Å². The first-order valence-corrected chi connectivity index (χ1v) is 6.17. The zero-order valence-electron chi connectivity index (χ0n) is 9.94. The number of nitrogen functional groups attached to an aromatic ring is 1. The number of halogens is 1. The number of rotatable bonds is 3. The zero-order chi connectivity index (χ0) is 12.7. The normalized spacial score (nSPS) is 14.8. The average Bonchev–Trinajstić information content (AvgIpc) is 3.13. The van der Waals surface area contributed by atoms with Gasteiger partial charge in [0.1, 0.15) is 11.5 Å². The lowest BCUT2D eigenvalue weighted by Crippen LogP contribution is -1.93. The molecule has 1 aliphatic carbocycles. The minimum atomic E-state index is 0.387. The van der Waals surface area contributed by atoms with Crippen LogP contribution in [0.5, 0.6) is 5.75 Å². The Morgan fingerprint density at radius 1 is 1.44 bits per heavy atom. The van der Waals surface area contributed by atoms with Gasteiger partial charge in [-0.05, 0) is 31.0 Å². The lowest BCUT2D eigenvalue weighted by Gasteiger charge is -2.08. The molecule has 94 valence electrons. The van der Waals surface area contributed by atoms with Crippen LogP contribution in [-0.4, -0.2) is 12.3 Å². The summed E-state index contributed by atoms with van der Waals surface area (Å²) in [6.07, 6.45) is 2.23. The number of nitrogens with zero attached hydrogens (tertiary/aromatic N) is 1. The molecule has 2 N–H and O–H groups in total. The van der Waals surface area contributed by atoms with E-state index in [1.807, 2.05) is 12.1 Å². The second-order valence-electron chi connectivity index (χ2n) is 4.43. The Bertz CT molecular complexity index is 591. The molecular weight excluding hydrogens is 252 g/mol. The van der Waals surface area contributed by atoms with E-state index in [9.17, 15) is 0 Å². The standard InChI is InChI=1S/C13H13ClN2O2/c1-17-10-5-4-8(14)6-9(10)11-12(7-2-3-7)18-16-13(11)15/h4-7H,2-3H2,1H3,(H2,15,16). The molecule has 1 aliphatic rings. The maximum absolute atomic E-state index is 6.04. The number of anilines is 1. The first kappa shape index (κ1) is 11.4. The first-order valence-electron chi connectivity index (χ1n) is 5.79. The van der Waals surface area contributed by atoms with E-state index in [4.69, 9.17) is 26.6 Å². The molecule has 3 rings (SSSR count). The van der Waals surface area contributed by atoms with Gasteiger partial charge < -0.3 is 15.0 Å². The van der Waals surface area contributed by atoms with E-state index in [0.29, 0.717) is 16.8 Å². The Morgan fingerprint density at radius 2 is 2.22 bits per heavy atom. The topological polar surface area (TPSA) is 61.3 Å². The van der Waals surface area contributed by atoms with Crippen molar-refractivity contribution in [3.05, 3.63) is 29.0 Å². The third-order valence-electron chi connectivity index (χ3n) is 3.12. The largest absolute Gasteiger partial charge is 0.496 e. The Kier molecular flexibility index (Phi) is 2.67. The molecule has 5 heteroatoms. The molecule has 18 heavy (non-hydrogen) atoms. The lowest BCUT2D eigenvalue weighted by atomic mass is 10.0. The predicted octanol–water partition coefficient (Wildman–Crippen LogP) is 3.46. The van der Waals surface area contributed by atoms with Crippen molar-refractivity contribution in [2.75, 3.05) is 12.8 Å². The van der Waals surface area contributed by atoms with Crippen LogP contribution in [0.15, 0.2) is 22.7 Å². The van der Waals surface area contributed by atoms with E-state index < -0.39 is 0 Å². The Balaban J connectivity index is 2.19. The second kappa shape index (κ2) is 4.21. The summed E-state index contributed by atoms with van der Waals surface area (Å²) in [6, 6.07) is 5.43. The smallest absolute Gasteiger partial charge is 0.175 e. The van der Waals surface area contributed by atoms with Gasteiger partial charge in [-0.1, -0.05) is 16.8 Å². The molecule has 1 heterocycles. The van der Waals surface area contributed by atoms with Gasteiger partial charge in [-0.2, -0.15) is 0 Å². The van der Waals surface area contributed by atoms with Crippen molar-refractivity contribution in [2.24, 2.45) is 0 Å². The average molecular weight is 265 g/mol. The molecule has 0 unspecified atom stereocenters. The van der Waals surface area contributed by atoms with E-state index in [-0.39, 0.29) is 0 Å². The monoisotopic (exact) mass is 264 g/mol. The highest BCUT2D eigenvalue weighted by Crippen LogP contribution is 2.48. The SMILES string of the molecule is COc1ccc(Cl)cc1-c1c(N)noc1C1CC1. The third-order valence-corrected chi connectivity index (χ3v) is 3.36. The number of benzene rings is 1. The van der Waals surface area contributed by atoms with Gasteiger partial charge in [0, 0.05) is 16.5 Å². The summed E-state index contributed by atoms with van der Waals surface area (Å²) in [5.41, 5.74) is 7.56. The van der Waals surface area contributed by atoms with Crippen molar-refractivity contribution in [3.8, 4) is 16.9 Å².